The molecule has 0 bridgehead atoms. The lowest BCUT2D eigenvalue weighted by Crippen LogP contribution is -2.58. The van der Waals surface area contributed by atoms with Gasteiger partial charge in [-0.3, -0.25) is 19.4 Å². The maximum Gasteiger partial charge on any atom is 0.420 e. The fourth-order valence-electron chi connectivity index (χ4n) is 7.77. The number of unbranched alkanes of at least 4 members (excludes halogenated alkanes) is 2. The molecule has 13 nitrogen and oxygen atoms in total. The molecule has 20 heteroatoms. The van der Waals surface area contributed by atoms with E-state index in [0.717, 1.165) is 52.9 Å². The third kappa shape index (κ3) is 13.4. The predicted molar refractivity (Wildman–Crippen MR) is 254 cm³/mol. The van der Waals surface area contributed by atoms with Gasteiger partial charge in [0.25, 0.3) is 0 Å². The molecule has 3 amide bonds. The van der Waals surface area contributed by atoms with E-state index in [1.54, 1.807) is 4.90 Å². The number of aldehydes is 1. The van der Waals surface area contributed by atoms with Gasteiger partial charge in [-0.05, 0) is 99.5 Å². The van der Waals surface area contributed by atoms with E-state index < -0.39 is 74.5 Å². The normalized spacial score (nSPS) is 14.3. The molecule has 1 aliphatic rings. The summed E-state index contributed by atoms with van der Waals surface area (Å²) in [5.74, 6) is -4.75. The molecule has 2 heterocycles. The molecule has 4 aromatic rings. The van der Waals surface area contributed by atoms with E-state index in [-0.39, 0.29) is 54.3 Å². The zero-order valence-electron chi connectivity index (χ0n) is 39.6. The molecule has 2 N–H and O–H groups in total. The second-order valence-electron chi connectivity index (χ2n) is 18.3. The van der Waals surface area contributed by atoms with Crippen molar-refractivity contribution in [1.82, 2.24) is 20.5 Å². The molecule has 0 spiro atoms. The molecule has 1 aliphatic heterocycles. The van der Waals surface area contributed by atoms with Crippen LogP contribution in [0.1, 0.15) is 83.4 Å². The topological polar surface area (TPSA) is 157 Å². The van der Waals surface area contributed by atoms with Crippen molar-refractivity contribution in [2.45, 2.75) is 97.1 Å². The Labute approximate surface area is 408 Å². The van der Waals surface area contributed by atoms with Crippen LogP contribution >= 0.6 is 12.2 Å². The molecule has 2 unspecified atom stereocenters. The largest absolute Gasteiger partial charge is 0.491 e. The van der Waals surface area contributed by atoms with E-state index >= 15 is 13.2 Å². The van der Waals surface area contributed by atoms with Crippen LogP contribution in [0.15, 0.2) is 72.9 Å². The zero-order valence-corrected chi connectivity index (χ0v) is 40.4. The van der Waals surface area contributed by atoms with Crippen LogP contribution in [0.3, 0.4) is 0 Å². The first kappa shape index (κ1) is 54.4. The third-order valence-electron chi connectivity index (χ3n) is 11.5. The zero-order chi connectivity index (χ0) is 51.6. The van der Waals surface area contributed by atoms with Crippen LogP contribution in [0.25, 0.3) is 11.3 Å². The second kappa shape index (κ2) is 23.3. The Hall–Kier alpha value is -6.59. The minimum absolute atomic E-state index is 0.0238. The highest BCUT2D eigenvalue weighted by Crippen LogP contribution is 2.39. The Morgan fingerprint density at radius 1 is 0.971 bits per heavy atom. The third-order valence-corrected chi connectivity index (χ3v) is 12.0. The van der Waals surface area contributed by atoms with Crippen LogP contribution in [-0.4, -0.2) is 90.0 Å². The summed E-state index contributed by atoms with van der Waals surface area (Å²) in [6.45, 7) is 9.05. The van der Waals surface area contributed by atoms with Crippen molar-refractivity contribution >= 4 is 52.7 Å². The van der Waals surface area contributed by atoms with Crippen molar-refractivity contribution in [1.29, 1.82) is 5.26 Å². The second-order valence-corrected chi connectivity index (χ2v) is 18.6. The van der Waals surface area contributed by atoms with Crippen molar-refractivity contribution in [3.63, 3.8) is 0 Å². The number of nitrogens with zero attached hydrogens (tertiary/aromatic N) is 5. The molecular formula is C50H55F6N7O6S. The summed E-state index contributed by atoms with van der Waals surface area (Å²) in [5.41, 5.74) is -5.12. The summed E-state index contributed by atoms with van der Waals surface area (Å²) >= 11 is 5.51. The van der Waals surface area contributed by atoms with Crippen molar-refractivity contribution in [2.75, 3.05) is 43.2 Å². The number of anilines is 2. The number of hydrogen-bond donors (Lipinski definition) is 2. The maximum absolute atomic E-state index is 15.8. The summed E-state index contributed by atoms with van der Waals surface area (Å²) < 4.78 is 98.9. The van der Waals surface area contributed by atoms with Gasteiger partial charge in [-0.2, -0.15) is 18.4 Å². The number of nitriles is 1. The van der Waals surface area contributed by atoms with Gasteiger partial charge in [0, 0.05) is 38.4 Å². The van der Waals surface area contributed by atoms with Crippen LogP contribution < -0.4 is 25.2 Å². The van der Waals surface area contributed by atoms with Crippen LogP contribution in [0.5, 0.6) is 5.75 Å². The number of amides is 3. The highest BCUT2D eigenvalue weighted by molar-refractivity contribution is 7.80. The molecule has 70 heavy (non-hydrogen) atoms. The van der Waals surface area contributed by atoms with Gasteiger partial charge in [-0.1, -0.05) is 51.1 Å². The number of carbonyl (C=O) groups is 4. The standard InChI is InChI=1S/C50H55F6N7O6S/c1-48(2,3)44(46(67)62-21-13-16-38(62)45(66)59-27-31-14-9-7-10-15-31)60-40(65)29-68-22-11-8-12-23-69-39-20-18-32(24-35(39)51)43-36(52)25-34(28-58-43)63(49(4,5)30-64)47(70)61(6)37-19-17-33(26-57)41(42(37)53)50(54,55)56/h7,9-10,14-15,17-20,24-25,28,30,38,44H,8,11-13,16,21-23,27,29H2,1-6H3,(H,59,66)(H,60,65). The Morgan fingerprint density at radius 3 is 2.30 bits per heavy atom. The van der Waals surface area contributed by atoms with E-state index in [4.69, 9.17) is 27.0 Å². The molecule has 2 atom stereocenters. The SMILES string of the molecule is CN(C(=S)N(c1cnc(-c2ccc(OCCCCCOCC(=O)NC(C(=O)N3CCCC3C(=O)NCc3ccccc3)C(C)(C)C)c(F)c2)c(F)c1)C(C)(C)C=O)c1ccc(C#N)c(C(F)(F)F)c1F. The molecular weight excluding hydrogens is 941 g/mol. The molecule has 374 valence electrons. The molecule has 1 aromatic heterocycles. The first-order valence-corrected chi connectivity index (χ1v) is 22.8. The quantitative estimate of drug-likeness (QED) is 0.0401. The Balaban J connectivity index is 1.10. The number of halogens is 6. The van der Waals surface area contributed by atoms with E-state index in [1.807, 2.05) is 51.1 Å². The minimum atomic E-state index is -5.22. The fraction of sp³-hybridized carbons (Fsp3) is 0.420. The summed E-state index contributed by atoms with van der Waals surface area (Å²) in [7, 11) is 1.14. The Bertz CT molecular complexity index is 2590. The number of ether oxygens (including phenoxy) is 2. The number of alkyl halides is 3. The van der Waals surface area contributed by atoms with Gasteiger partial charge >= 0.3 is 6.18 Å². The lowest BCUT2D eigenvalue weighted by atomic mass is 9.85. The maximum atomic E-state index is 15.8. The first-order valence-electron chi connectivity index (χ1n) is 22.4. The summed E-state index contributed by atoms with van der Waals surface area (Å²) in [6, 6.07) is 15.6. The van der Waals surface area contributed by atoms with Gasteiger partial charge < -0.3 is 39.6 Å². The van der Waals surface area contributed by atoms with E-state index in [9.17, 15) is 32.3 Å². The number of pyridine rings is 1. The molecule has 0 saturated carbocycles. The number of nitrogens with one attached hydrogen (secondary N) is 2. The summed E-state index contributed by atoms with van der Waals surface area (Å²) in [6.07, 6.45) is -0.847. The number of hydrogen-bond acceptors (Lipinski definition) is 9. The Kier molecular flexibility index (Phi) is 18.1. The average molecular weight is 996 g/mol. The highest BCUT2D eigenvalue weighted by atomic mass is 32.1. The lowest BCUT2D eigenvalue weighted by Gasteiger charge is -2.39. The Morgan fingerprint density at radius 2 is 1.67 bits per heavy atom. The molecule has 5 rings (SSSR count). The van der Waals surface area contributed by atoms with Crippen LogP contribution in [0, 0.1) is 34.2 Å². The van der Waals surface area contributed by atoms with E-state index in [1.165, 1.54) is 32.0 Å². The smallest absolute Gasteiger partial charge is 0.420 e. The first-order chi connectivity index (χ1) is 33.0. The van der Waals surface area contributed by atoms with Crippen LogP contribution in [0.2, 0.25) is 0 Å². The highest BCUT2D eigenvalue weighted by Gasteiger charge is 2.43. The van der Waals surface area contributed by atoms with Gasteiger partial charge in [0.15, 0.2) is 28.3 Å². The molecule has 3 aromatic carbocycles. The van der Waals surface area contributed by atoms with E-state index in [2.05, 4.69) is 15.6 Å². The minimum Gasteiger partial charge on any atom is -0.491 e. The fourth-order valence-corrected chi connectivity index (χ4v) is 8.21. The summed E-state index contributed by atoms with van der Waals surface area (Å²) in [4.78, 5) is 59.7. The van der Waals surface area contributed by atoms with Crippen molar-refractivity contribution in [3.8, 4) is 23.1 Å². The van der Waals surface area contributed by atoms with Gasteiger partial charge in [0.2, 0.25) is 17.7 Å². The number of rotatable bonds is 19. The van der Waals surface area contributed by atoms with Crippen LogP contribution in [-0.2, 0) is 36.6 Å². The molecule has 0 radical (unpaired) electrons. The molecule has 0 aliphatic carbocycles. The molecule has 1 fully saturated rings. The number of aromatic nitrogens is 1. The van der Waals surface area contributed by atoms with Crippen LogP contribution in [0.4, 0.5) is 37.7 Å². The number of likely N-dealkylation sites (tertiary alicyclic amines) is 1. The molecule has 1 saturated heterocycles. The van der Waals surface area contributed by atoms with Crippen molar-refractivity contribution < 1.29 is 55.0 Å². The van der Waals surface area contributed by atoms with Crippen molar-refractivity contribution in [3.05, 3.63) is 107 Å². The number of thiocarbonyl (C=S) groups is 1. The van der Waals surface area contributed by atoms with Gasteiger partial charge in [-0.25, -0.2) is 13.2 Å². The van der Waals surface area contributed by atoms with E-state index in [0.29, 0.717) is 51.5 Å². The summed E-state index contributed by atoms with van der Waals surface area (Å²) in [5, 5.41) is 14.5. The van der Waals surface area contributed by atoms with Gasteiger partial charge in [-0.15, -0.1) is 0 Å². The van der Waals surface area contributed by atoms with Gasteiger partial charge in [0.1, 0.15) is 36.2 Å². The predicted octanol–water partition coefficient (Wildman–Crippen LogP) is 8.67. The average Bonchev–Trinajstić information content (AvgIpc) is 3.81. The monoisotopic (exact) mass is 995 g/mol. The lowest BCUT2D eigenvalue weighted by molar-refractivity contribution is -0.144. The van der Waals surface area contributed by atoms with Gasteiger partial charge in [0.05, 0.1) is 41.4 Å². The number of carbonyl (C=O) groups excluding carboxylic acids is 4. The number of benzene rings is 3. The van der Waals surface area contributed by atoms with Crippen molar-refractivity contribution in [2.24, 2.45) is 5.41 Å².